The zero-order chi connectivity index (χ0) is 50.3. The van der Waals surface area contributed by atoms with Gasteiger partial charge in [-0.3, -0.25) is 28.8 Å². The van der Waals surface area contributed by atoms with E-state index in [0.29, 0.717) is 31.6 Å². The number of rotatable bonds is 37. The Hall–Kier alpha value is -4.85. The molecule has 1 heterocycles. The van der Waals surface area contributed by atoms with Crippen LogP contribution in [-0.2, 0) is 43.0 Å². The second kappa shape index (κ2) is 34.4. The van der Waals surface area contributed by atoms with Crippen LogP contribution >= 0.6 is 0 Å². The fraction of sp³-hybridized carbons (Fsp3) is 0.735. The second-order valence-corrected chi connectivity index (χ2v) is 17.9. The van der Waals surface area contributed by atoms with Gasteiger partial charge in [-0.15, -0.1) is 0 Å². The standard InChI is InChI=1S/C49H82N6O13/c1-5-6-7-8-9-10-11-12-13-14-15-16-17-18-22-28-40(58)51-31-24-23-27-38(48(64)65)54-41(59)30-29-37(45(50)61)55-46(62)33(2)52-47(63)34(3)66-44-42(53-35(4)57)49(68-39(32-56)43(44)60)67-36-25-20-19-21-26-36/h19-21,25-26,33-34,37-39,42-44,49,56,60H,5-18,22-24,27-32H2,1-4H3,(H2,50,61)(H,51,58)(H,52,63)(H,53,57)(H,54,59)(H,55,62)(H,64,65)/t33-,34+,37+,38-,39?,42?,43?,44?,49?/m0/s1. The van der Waals surface area contributed by atoms with Crippen molar-refractivity contribution in [3.63, 3.8) is 0 Å². The molecule has 1 aromatic rings. The number of aliphatic hydroxyl groups is 2. The number of unbranched alkanes of at least 4 members (excludes halogenated alkanes) is 15. The fourth-order valence-corrected chi connectivity index (χ4v) is 7.87. The number of nitrogens with one attached hydrogen (secondary N) is 5. The number of ether oxygens (including phenoxy) is 3. The fourth-order valence-electron chi connectivity index (χ4n) is 7.87. The van der Waals surface area contributed by atoms with Gasteiger partial charge in [-0.05, 0) is 58.1 Å². The van der Waals surface area contributed by atoms with Crippen molar-refractivity contribution < 1.29 is 63.1 Å². The normalized spacial score (nSPS) is 19.6. The van der Waals surface area contributed by atoms with Gasteiger partial charge >= 0.3 is 5.97 Å². The van der Waals surface area contributed by atoms with Gasteiger partial charge in [0.1, 0.15) is 54.3 Å². The van der Waals surface area contributed by atoms with Crippen LogP contribution in [0.4, 0.5) is 0 Å². The molecule has 9 atom stereocenters. The van der Waals surface area contributed by atoms with Crippen LogP contribution in [0.2, 0.25) is 0 Å². The smallest absolute Gasteiger partial charge is 0.326 e. The number of carboxylic acids is 1. The lowest BCUT2D eigenvalue weighted by Gasteiger charge is -2.44. The lowest BCUT2D eigenvalue weighted by Crippen LogP contribution is -2.67. The van der Waals surface area contributed by atoms with Gasteiger partial charge in [0.25, 0.3) is 0 Å². The van der Waals surface area contributed by atoms with Crippen LogP contribution in [0.25, 0.3) is 0 Å². The summed E-state index contributed by atoms with van der Waals surface area (Å²) in [6.07, 6.45) is 13.0. The Morgan fingerprint density at radius 3 is 1.85 bits per heavy atom. The van der Waals surface area contributed by atoms with Gasteiger partial charge in [0, 0.05) is 26.3 Å². The van der Waals surface area contributed by atoms with Crippen LogP contribution in [0.1, 0.15) is 163 Å². The number of nitrogens with two attached hydrogens (primary N) is 1. The molecule has 68 heavy (non-hydrogen) atoms. The first-order valence-corrected chi connectivity index (χ1v) is 24.8. The van der Waals surface area contributed by atoms with Gasteiger partial charge in [0.05, 0.1) is 6.61 Å². The number of benzene rings is 1. The third kappa shape index (κ3) is 24.4. The van der Waals surface area contributed by atoms with E-state index in [0.717, 1.165) is 19.3 Å². The van der Waals surface area contributed by atoms with E-state index in [1.54, 1.807) is 30.3 Å². The molecule has 0 spiro atoms. The van der Waals surface area contributed by atoms with Crippen LogP contribution in [-0.4, -0.2) is 125 Å². The molecule has 386 valence electrons. The summed E-state index contributed by atoms with van der Waals surface area (Å²) in [6.45, 7) is 5.87. The first-order valence-electron chi connectivity index (χ1n) is 24.8. The highest BCUT2D eigenvalue weighted by Gasteiger charge is 2.48. The molecule has 5 unspecified atom stereocenters. The van der Waals surface area contributed by atoms with E-state index in [4.69, 9.17) is 19.9 Å². The summed E-state index contributed by atoms with van der Waals surface area (Å²) in [5.41, 5.74) is 5.51. The molecule has 0 radical (unpaired) electrons. The molecular formula is C49H82N6O13. The average molecular weight is 963 g/mol. The summed E-state index contributed by atoms with van der Waals surface area (Å²) in [5, 5.41) is 43.5. The molecule has 1 fully saturated rings. The lowest BCUT2D eigenvalue weighted by atomic mass is 9.96. The lowest BCUT2D eigenvalue weighted by molar-refractivity contribution is -0.258. The summed E-state index contributed by atoms with van der Waals surface area (Å²) in [7, 11) is 0. The molecule has 0 aliphatic carbocycles. The number of primary amides is 1. The maximum absolute atomic E-state index is 13.2. The number of hydrogen-bond acceptors (Lipinski definition) is 12. The van der Waals surface area contributed by atoms with Crippen LogP contribution in [0.15, 0.2) is 30.3 Å². The van der Waals surface area contributed by atoms with Crippen molar-refractivity contribution in [1.82, 2.24) is 26.6 Å². The number of carbonyl (C=O) groups is 7. The van der Waals surface area contributed by atoms with Gasteiger partial charge < -0.3 is 61.8 Å². The molecule has 0 bridgehead atoms. The largest absolute Gasteiger partial charge is 0.480 e. The first-order chi connectivity index (χ1) is 32.6. The minimum atomic E-state index is -1.53. The van der Waals surface area contributed by atoms with E-state index >= 15 is 0 Å². The quantitative estimate of drug-likeness (QED) is 0.0430. The zero-order valence-electron chi connectivity index (χ0n) is 40.8. The van der Waals surface area contributed by atoms with Crippen LogP contribution in [0, 0.1) is 0 Å². The summed E-state index contributed by atoms with van der Waals surface area (Å²) in [5.74, 6) is -4.76. The average Bonchev–Trinajstić information content (AvgIpc) is 3.30. The van der Waals surface area contributed by atoms with Gasteiger partial charge in [0.15, 0.2) is 0 Å². The first kappa shape index (κ1) is 59.3. The van der Waals surface area contributed by atoms with Crippen molar-refractivity contribution in [3.8, 4) is 5.75 Å². The van der Waals surface area contributed by atoms with Crippen LogP contribution < -0.4 is 37.1 Å². The number of hydrogen-bond donors (Lipinski definition) is 9. The molecule has 0 aromatic heterocycles. The van der Waals surface area contributed by atoms with Gasteiger partial charge in [-0.1, -0.05) is 115 Å². The topological polar surface area (TPSA) is 294 Å². The number of carboxylic acid groups (broad SMARTS) is 1. The molecule has 2 rings (SSSR count). The highest BCUT2D eigenvalue weighted by Crippen LogP contribution is 2.27. The molecule has 10 N–H and O–H groups in total. The monoisotopic (exact) mass is 963 g/mol. The zero-order valence-corrected chi connectivity index (χ0v) is 40.8. The molecule has 1 aliphatic heterocycles. The Balaban J connectivity index is 1.72. The van der Waals surface area contributed by atoms with Crippen molar-refractivity contribution in [2.75, 3.05) is 13.2 Å². The summed E-state index contributed by atoms with van der Waals surface area (Å²) in [4.78, 5) is 87.8. The molecule has 0 saturated carbocycles. The predicted octanol–water partition coefficient (Wildman–Crippen LogP) is 3.79. The van der Waals surface area contributed by atoms with E-state index in [9.17, 15) is 48.9 Å². The molecule has 19 nitrogen and oxygen atoms in total. The van der Waals surface area contributed by atoms with Gasteiger partial charge in [-0.25, -0.2) is 4.79 Å². The summed E-state index contributed by atoms with van der Waals surface area (Å²) in [6, 6.07) is 3.45. The molecule has 1 aliphatic rings. The van der Waals surface area contributed by atoms with Crippen LogP contribution in [0.5, 0.6) is 5.75 Å². The maximum Gasteiger partial charge on any atom is 0.326 e. The second-order valence-electron chi connectivity index (χ2n) is 17.9. The summed E-state index contributed by atoms with van der Waals surface area (Å²) >= 11 is 0. The van der Waals surface area contributed by atoms with Crippen molar-refractivity contribution in [2.24, 2.45) is 5.73 Å². The Bertz CT molecular complexity index is 1660. The van der Waals surface area contributed by atoms with Crippen molar-refractivity contribution in [3.05, 3.63) is 30.3 Å². The molecule has 6 amide bonds. The van der Waals surface area contributed by atoms with E-state index in [1.165, 1.54) is 97.8 Å². The van der Waals surface area contributed by atoms with Crippen molar-refractivity contribution >= 4 is 41.4 Å². The third-order valence-electron chi connectivity index (χ3n) is 11.9. The predicted molar refractivity (Wildman–Crippen MR) is 255 cm³/mol. The number of carbonyl (C=O) groups excluding carboxylic acids is 6. The van der Waals surface area contributed by atoms with Crippen molar-refractivity contribution in [1.29, 1.82) is 0 Å². The van der Waals surface area contributed by atoms with Gasteiger partial charge in [-0.2, -0.15) is 0 Å². The van der Waals surface area contributed by atoms with Crippen LogP contribution in [0.3, 0.4) is 0 Å². The SMILES string of the molecule is CCCCCCCCCCCCCCCCCC(=O)NCCCC[C@H](NC(=O)CC[C@@H](NC(=O)[C@H](C)NC(=O)[C@@H](C)OC1C(O)C(CO)OC(Oc2ccccc2)C1NC(C)=O)C(N)=O)C(=O)O. The van der Waals surface area contributed by atoms with Crippen molar-refractivity contribution in [2.45, 2.75) is 217 Å². The third-order valence-corrected chi connectivity index (χ3v) is 11.9. The number of para-hydroxylation sites is 1. The number of aliphatic hydroxyl groups excluding tert-OH is 2. The molecular weight excluding hydrogens is 881 g/mol. The minimum Gasteiger partial charge on any atom is -0.480 e. The maximum atomic E-state index is 13.2. The Labute approximate surface area is 402 Å². The Morgan fingerprint density at radius 2 is 1.31 bits per heavy atom. The summed E-state index contributed by atoms with van der Waals surface area (Å²) < 4.78 is 17.6. The molecule has 19 heteroatoms. The molecule has 1 saturated heterocycles. The molecule has 1 aromatic carbocycles. The highest BCUT2D eigenvalue weighted by molar-refractivity contribution is 5.92. The van der Waals surface area contributed by atoms with Gasteiger partial charge in [0.2, 0.25) is 41.7 Å². The highest BCUT2D eigenvalue weighted by atomic mass is 16.7. The van der Waals surface area contributed by atoms with E-state index < -0.39 is 97.0 Å². The van der Waals surface area contributed by atoms with E-state index in [2.05, 4.69) is 33.5 Å². The number of amides is 6. The Morgan fingerprint density at radius 1 is 0.721 bits per heavy atom. The Kier molecular flexibility index (Phi) is 30.0. The number of aliphatic carboxylic acids is 1. The minimum absolute atomic E-state index is 0.0371. The van der Waals surface area contributed by atoms with E-state index in [-0.39, 0.29) is 25.2 Å². The van der Waals surface area contributed by atoms with E-state index in [1.807, 2.05) is 0 Å².